The van der Waals surface area contributed by atoms with E-state index in [0.29, 0.717) is 11.0 Å². The Kier molecular flexibility index (Phi) is 3.93. The number of aromatic nitrogens is 2. The average Bonchev–Trinajstić information content (AvgIpc) is 2.16. The molecule has 1 aromatic rings. The lowest BCUT2D eigenvalue weighted by molar-refractivity contribution is 0.0635. The van der Waals surface area contributed by atoms with Gasteiger partial charge in [0.15, 0.2) is 11.0 Å². The minimum atomic E-state index is -0.559. The topological polar surface area (TPSA) is 64.1 Å². The van der Waals surface area contributed by atoms with Gasteiger partial charge in [-0.05, 0) is 45.7 Å². The highest BCUT2D eigenvalue weighted by molar-refractivity contribution is 6.30. The number of nitrogens with one attached hydrogen (secondary N) is 1. The van der Waals surface area contributed by atoms with Crippen LogP contribution in [-0.2, 0) is 4.74 Å². The maximum Gasteiger partial charge on any atom is 0.413 e. The third kappa shape index (κ3) is 3.85. The third-order valence-electron chi connectivity index (χ3n) is 2.08. The normalized spacial score (nSPS) is 11.2. The minimum Gasteiger partial charge on any atom is -0.444 e. The number of amides is 1. The van der Waals surface area contributed by atoms with E-state index in [1.165, 1.54) is 0 Å². The molecule has 1 amide bonds. The number of rotatable bonds is 1. The number of hydrogen-bond donors (Lipinski definition) is 1. The molecule has 0 atom stereocenters. The molecule has 0 aliphatic rings. The van der Waals surface area contributed by atoms with Crippen LogP contribution in [0.15, 0.2) is 0 Å². The van der Waals surface area contributed by atoms with Crippen molar-refractivity contribution in [1.82, 2.24) is 10.2 Å². The van der Waals surface area contributed by atoms with Gasteiger partial charge in [0.25, 0.3) is 0 Å². The van der Waals surface area contributed by atoms with Crippen LogP contribution in [0.5, 0.6) is 0 Å². The lowest BCUT2D eigenvalue weighted by Gasteiger charge is -2.19. The number of carbonyl (C=O) groups excluding carboxylic acids is 1. The fourth-order valence-corrected chi connectivity index (χ4v) is 1.27. The van der Waals surface area contributed by atoms with Crippen LogP contribution in [0.4, 0.5) is 10.6 Å². The summed E-state index contributed by atoms with van der Waals surface area (Å²) in [5.74, 6) is 0.362. The molecule has 0 unspecified atom stereocenters. The Labute approximate surface area is 106 Å². The van der Waals surface area contributed by atoms with E-state index in [-0.39, 0.29) is 0 Å². The average molecular weight is 258 g/mol. The summed E-state index contributed by atoms with van der Waals surface area (Å²) >= 11 is 5.81. The zero-order chi connectivity index (χ0) is 13.2. The first-order valence-electron chi connectivity index (χ1n) is 5.20. The predicted octanol–water partition coefficient (Wildman–Crippen LogP) is 3.09. The molecule has 0 aromatic carbocycles. The molecule has 0 aliphatic heterocycles. The Morgan fingerprint density at radius 2 is 1.82 bits per heavy atom. The van der Waals surface area contributed by atoms with Gasteiger partial charge in [0.2, 0.25) is 0 Å². The second-order valence-corrected chi connectivity index (χ2v) is 5.07. The summed E-state index contributed by atoms with van der Waals surface area (Å²) < 4.78 is 5.12. The van der Waals surface area contributed by atoms with E-state index in [9.17, 15) is 4.79 Å². The second-order valence-electron chi connectivity index (χ2n) is 4.72. The highest BCUT2D eigenvalue weighted by Gasteiger charge is 2.18. The van der Waals surface area contributed by atoms with Crippen LogP contribution >= 0.6 is 11.6 Å². The van der Waals surface area contributed by atoms with Crippen LogP contribution in [0.1, 0.15) is 31.9 Å². The molecule has 0 saturated carbocycles. The second kappa shape index (κ2) is 4.87. The van der Waals surface area contributed by atoms with Crippen LogP contribution < -0.4 is 5.32 Å². The molecular weight excluding hydrogens is 242 g/mol. The fourth-order valence-electron chi connectivity index (χ4n) is 1.10. The van der Waals surface area contributed by atoms with E-state index in [4.69, 9.17) is 16.3 Å². The highest BCUT2D eigenvalue weighted by Crippen LogP contribution is 2.21. The molecule has 0 aliphatic carbocycles. The number of halogens is 1. The van der Waals surface area contributed by atoms with Gasteiger partial charge in [-0.25, -0.2) is 4.79 Å². The van der Waals surface area contributed by atoms with E-state index in [1.54, 1.807) is 20.8 Å². The highest BCUT2D eigenvalue weighted by atomic mass is 35.5. The van der Waals surface area contributed by atoms with Crippen molar-refractivity contribution < 1.29 is 9.53 Å². The van der Waals surface area contributed by atoms with E-state index < -0.39 is 11.7 Å². The van der Waals surface area contributed by atoms with Gasteiger partial charge in [0.1, 0.15) is 5.60 Å². The smallest absolute Gasteiger partial charge is 0.413 e. The molecule has 17 heavy (non-hydrogen) atoms. The summed E-state index contributed by atoms with van der Waals surface area (Å²) in [4.78, 5) is 11.5. The van der Waals surface area contributed by atoms with Gasteiger partial charge >= 0.3 is 6.09 Å². The molecule has 0 saturated heterocycles. The molecule has 0 radical (unpaired) electrons. The lowest BCUT2D eigenvalue weighted by atomic mass is 10.2. The first kappa shape index (κ1) is 13.7. The van der Waals surface area contributed by atoms with Gasteiger partial charge < -0.3 is 4.74 Å². The Balaban J connectivity index is 2.83. The standard InChI is InChI=1S/C11H16ClN3O2/c1-6-7(2)9(15-14-8(6)12)13-10(16)17-11(3,4)5/h1-5H3,(H,13,15,16). The van der Waals surface area contributed by atoms with E-state index in [1.807, 2.05) is 13.8 Å². The van der Waals surface area contributed by atoms with Crippen molar-refractivity contribution in [2.24, 2.45) is 0 Å². The van der Waals surface area contributed by atoms with Crippen molar-refractivity contribution in [2.45, 2.75) is 40.2 Å². The van der Waals surface area contributed by atoms with Crippen LogP contribution in [-0.4, -0.2) is 21.9 Å². The van der Waals surface area contributed by atoms with Crippen LogP contribution in [0.3, 0.4) is 0 Å². The Bertz CT molecular complexity index is 441. The van der Waals surface area contributed by atoms with Crippen molar-refractivity contribution >= 4 is 23.5 Å². The molecule has 0 fully saturated rings. The summed E-state index contributed by atoms with van der Waals surface area (Å²) in [5.41, 5.74) is 1.01. The molecule has 0 spiro atoms. The number of nitrogens with zero attached hydrogens (tertiary/aromatic N) is 2. The van der Waals surface area contributed by atoms with Crippen LogP contribution in [0.2, 0.25) is 5.15 Å². The molecular formula is C11H16ClN3O2. The molecule has 5 nitrogen and oxygen atoms in total. The monoisotopic (exact) mass is 257 g/mol. The number of anilines is 1. The van der Waals surface area contributed by atoms with Crippen molar-refractivity contribution in [3.63, 3.8) is 0 Å². The molecule has 1 rings (SSSR count). The van der Waals surface area contributed by atoms with Gasteiger partial charge in [0.05, 0.1) is 0 Å². The molecule has 1 heterocycles. The van der Waals surface area contributed by atoms with Crippen LogP contribution in [0, 0.1) is 13.8 Å². The Hall–Kier alpha value is -1.36. The van der Waals surface area contributed by atoms with Crippen LogP contribution in [0.25, 0.3) is 0 Å². The fraction of sp³-hybridized carbons (Fsp3) is 0.545. The van der Waals surface area contributed by atoms with Crippen molar-refractivity contribution in [3.05, 3.63) is 16.3 Å². The summed E-state index contributed by atoms with van der Waals surface area (Å²) in [6.45, 7) is 8.99. The molecule has 6 heteroatoms. The predicted molar refractivity (Wildman–Crippen MR) is 66.4 cm³/mol. The zero-order valence-corrected chi connectivity index (χ0v) is 11.3. The van der Waals surface area contributed by atoms with Gasteiger partial charge in [0, 0.05) is 0 Å². The van der Waals surface area contributed by atoms with Gasteiger partial charge in [-0.3, -0.25) is 5.32 Å². The number of ether oxygens (including phenoxy) is 1. The quantitative estimate of drug-likeness (QED) is 0.840. The zero-order valence-electron chi connectivity index (χ0n) is 10.6. The third-order valence-corrected chi connectivity index (χ3v) is 2.44. The van der Waals surface area contributed by atoms with Gasteiger partial charge in [-0.2, -0.15) is 0 Å². The molecule has 1 N–H and O–H groups in total. The van der Waals surface area contributed by atoms with E-state index in [2.05, 4.69) is 15.5 Å². The minimum absolute atomic E-state index is 0.331. The van der Waals surface area contributed by atoms with Crippen molar-refractivity contribution in [1.29, 1.82) is 0 Å². The van der Waals surface area contributed by atoms with Crippen molar-refractivity contribution in [3.8, 4) is 0 Å². The number of carbonyl (C=O) groups is 1. The first-order valence-corrected chi connectivity index (χ1v) is 5.58. The van der Waals surface area contributed by atoms with E-state index >= 15 is 0 Å². The summed E-state index contributed by atoms with van der Waals surface area (Å²) in [5, 5.41) is 10.4. The van der Waals surface area contributed by atoms with E-state index in [0.717, 1.165) is 11.1 Å². The summed E-state index contributed by atoms with van der Waals surface area (Å²) in [7, 11) is 0. The Morgan fingerprint density at radius 1 is 1.24 bits per heavy atom. The molecule has 0 bridgehead atoms. The Morgan fingerprint density at radius 3 is 2.35 bits per heavy atom. The number of hydrogen-bond acceptors (Lipinski definition) is 4. The van der Waals surface area contributed by atoms with Gasteiger partial charge in [-0.1, -0.05) is 11.6 Å². The van der Waals surface area contributed by atoms with Crippen molar-refractivity contribution in [2.75, 3.05) is 5.32 Å². The first-order chi connectivity index (χ1) is 7.70. The molecule has 94 valence electrons. The van der Waals surface area contributed by atoms with Gasteiger partial charge in [-0.15, -0.1) is 10.2 Å². The maximum absolute atomic E-state index is 11.5. The lowest BCUT2D eigenvalue weighted by Crippen LogP contribution is -2.28. The summed E-state index contributed by atoms with van der Waals surface area (Å²) in [6, 6.07) is 0. The SMILES string of the molecule is Cc1c(Cl)nnc(NC(=O)OC(C)(C)C)c1C. The molecule has 1 aromatic heterocycles. The largest absolute Gasteiger partial charge is 0.444 e. The maximum atomic E-state index is 11.5. The summed E-state index contributed by atoms with van der Waals surface area (Å²) in [6.07, 6.45) is -0.559.